The molecule has 0 heterocycles. The van der Waals surface area contributed by atoms with Crippen molar-refractivity contribution < 1.29 is 21.6 Å². The fourth-order valence-corrected chi connectivity index (χ4v) is 5.55. The van der Waals surface area contributed by atoms with Crippen molar-refractivity contribution in [3.63, 3.8) is 0 Å². The minimum atomic E-state index is -4.13. The Labute approximate surface area is 163 Å². The van der Waals surface area contributed by atoms with Crippen LogP contribution in [-0.2, 0) is 22.9 Å². The van der Waals surface area contributed by atoms with Gasteiger partial charge >= 0.3 is 0 Å². The lowest BCUT2D eigenvalue weighted by atomic mass is 9.97. The Kier molecular flexibility index (Phi) is 4.12. The Balaban J connectivity index is 2.37. The van der Waals surface area contributed by atoms with E-state index in [1.54, 1.807) is 18.2 Å². The van der Waals surface area contributed by atoms with Crippen molar-refractivity contribution in [3.05, 3.63) is 46.8 Å². The number of Topliss-reactive ketones (excluding diaryl/α,β-unsaturated/α-hetero) is 1. The molecule has 0 unspecified atom stereocenters. The van der Waals surface area contributed by atoms with Crippen molar-refractivity contribution in [1.29, 1.82) is 0 Å². The van der Waals surface area contributed by atoms with E-state index in [2.05, 4.69) is 0 Å². The van der Waals surface area contributed by atoms with Gasteiger partial charge in [0.1, 0.15) is 0 Å². The lowest BCUT2D eigenvalue weighted by Crippen LogP contribution is -2.29. The molecule has 4 rings (SSSR count). The van der Waals surface area contributed by atoms with Crippen LogP contribution in [0.2, 0.25) is 0 Å². The van der Waals surface area contributed by atoms with E-state index in [4.69, 9.17) is 21.4 Å². The van der Waals surface area contributed by atoms with E-state index in [0.29, 0.717) is 26.6 Å². The van der Waals surface area contributed by atoms with Gasteiger partial charge in [0.05, 0.1) is 9.79 Å². The largest absolute Gasteiger partial charge is 0.294 e. The highest BCUT2D eigenvalue weighted by Crippen LogP contribution is 2.36. The molecule has 0 spiro atoms. The van der Waals surface area contributed by atoms with E-state index < -0.39 is 18.1 Å². The smallest absolute Gasteiger partial charge is 0.261 e. The minimum absolute atomic E-state index is 0.109. The molecule has 0 radical (unpaired) electrons. The molecular weight excluding hydrogens is 431 g/mol. The molecule has 1 aliphatic carbocycles. The Morgan fingerprint density at radius 3 is 2.15 bits per heavy atom. The number of carbonyl (C=O) groups excluding carboxylic acids is 1. The van der Waals surface area contributed by atoms with Gasteiger partial charge in [-0.25, -0.2) is 16.8 Å². The molecule has 0 amide bonds. The molecule has 1 aliphatic rings. The summed E-state index contributed by atoms with van der Waals surface area (Å²) in [7, 11) is 3.01. The van der Waals surface area contributed by atoms with Crippen LogP contribution in [0.1, 0.15) is 6.42 Å². The van der Waals surface area contributed by atoms with Crippen molar-refractivity contribution in [2.75, 3.05) is 0 Å². The fourth-order valence-electron chi connectivity index (χ4n) is 3.37. The number of rotatable bonds is 2. The third kappa shape index (κ3) is 3.14. The monoisotopic (exact) mass is 440 g/mol. The fraction of sp³-hybridized carbons (Fsp3) is 0.0556. The summed E-state index contributed by atoms with van der Waals surface area (Å²) in [6.45, 7) is 0. The molecule has 9 heteroatoms. The molecule has 3 aromatic carbocycles. The Morgan fingerprint density at radius 1 is 0.815 bits per heavy atom. The maximum atomic E-state index is 12.1. The van der Waals surface area contributed by atoms with Crippen LogP contribution >= 0.6 is 21.4 Å². The SMILES string of the molecule is O=C1C=c2cc3c(S(=O)(=O)Cl)cc4cccc(S(=O)(=O)Cl)c4c3cc2=CC1. The molecule has 3 aromatic rings. The summed E-state index contributed by atoms with van der Waals surface area (Å²) in [5.74, 6) is -0.109. The first kappa shape index (κ1) is 18.4. The number of hydrogen-bond donors (Lipinski definition) is 0. The summed E-state index contributed by atoms with van der Waals surface area (Å²) in [4.78, 5) is 11.4. The number of fused-ring (bicyclic) bond motifs is 4. The quantitative estimate of drug-likeness (QED) is 0.451. The van der Waals surface area contributed by atoms with Gasteiger partial charge in [0.25, 0.3) is 18.1 Å². The van der Waals surface area contributed by atoms with Gasteiger partial charge in [0.15, 0.2) is 5.78 Å². The first-order chi connectivity index (χ1) is 12.6. The molecule has 0 saturated carbocycles. The van der Waals surface area contributed by atoms with Crippen LogP contribution in [0.4, 0.5) is 0 Å². The summed E-state index contributed by atoms with van der Waals surface area (Å²) in [5.41, 5.74) is 0. The molecule has 0 aromatic heterocycles. The molecule has 0 bridgehead atoms. The number of halogens is 2. The third-order valence-corrected chi connectivity index (χ3v) is 7.19. The van der Waals surface area contributed by atoms with E-state index in [0.717, 1.165) is 0 Å². The van der Waals surface area contributed by atoms with Gasteiger partial charge in [-0.2, -0.15) is 0 Å². The van der Waals surface area contributed by atoms with Crippen LogP contribution in [0.3, 0.4) is 0 Å². The van der Waals surface area contributed by atoms with Crippen molar-refractivity contribution in [2.24, 2.45) is 0 Å². The topological polar surface area (TPSA) is 85.3 Å². The molecule has 138 valence electrons. The van der Waals surface area contributed by atoms with Gasteiger partial charge < -0.3 is 0 Å². The van der Waals surface area contributed by atoms with E-state index in [-0.39, 0.29) is 27.4 Å². The van der Waals surface area contributed by atoms with Crippen LogP contribution in [0.25, 0.3) is 33.7 Å². The molecular formula is C18H10Cl2O5S2. The highest BCUT2D eigenvalue weighted by molar-refractivity contribution is 8.14. The zero-order valence-corrected chi connectivity index (χ0v) is 16.6. The molecule has 0 saturated heterocycles. The van der Waals surface area contributed by atoms with Gasteiger partial charge in [-0.15, -0.1) is 0 Å². The van der Waals surface area contributed by atoms with Crippen molar-refractivity contribution >= 4 is 78.9 Å². The average molecular weight is 441 g/mol. The summed E-state index contributed by atoms with van der Waals surface area (Å²) in [6.07, 6.45) is 3.35. The molecule has 0 aliphatic heterocycles. The number of benzene rings is 3. The normalized spacial score (nSPS) is 14.7. The highest BCUT2D eigenvalue weighted by Gasteiger charge is 2.22. The highest BCUT2D eigenvalue weighted by atomic mass is 35.7. The van der Waals surface area contributed by atoms with Gasteiger partial charge in [-0.3, -0.25) is 4.79 Å². The predicted molar refractivity (Wildman–Crippen MR) is 105 cm³/mol. The second kappa shape index (κ2) is 6.04. The first-order valence-electron chi connectivity index (χ1n) is 7.69. The van der Waals surface area contributed by atoms with E-state index in [9.17, 15) is 21.6 Å². The van der Waals surface area contributed by atoms with Crippen molar-refractivity contribution in [1.82, 2.24) is 0 Å². The van der Waals surface area contributed by atoms with Gasteiger partial charge in [0, 0.05) is 38.6 Å². The molecule has 0 atom stereocenters. The van der Waals surface area contributed by atoms with Crippen molar-refractivity contribution in [3.8, 4) is 0 Å². The Bertz CT molecular complexity index is 1510. The van der Waals surface area contributed by atoms with E-state index in [1.807, 2.05) is 0 Å². The maximum absolute atomic E-state index is 12.1. The maximum Gasteiger partial charge on any atom is 0.261 e. The molecule has 0 N–H and O–H groups in total. The number of carbonyl (C=O) groups is 1. The number of hydrogen-bond acceptors (Lipinski definition) is 5. The van der Waals surface area contributed by atoms with Gasteiger partial charge in [0.2, 0.25) is 0 Å². The lowest BCUT2D eigenvalue weighted by Gasteiger charge is -2.12. The lowest BCUT2D eigenvalue weighted by molar-refractivity contribution is -0.112. The van der Waals surface area contributed by atoms with Gasteiger partial charge in [-0.05, 0) is 51.6 Å². The summed E-state index contributed by atoms with van der Waals surface area (Å²) >= 11 is 0. The summed E-state index contributed by atoms with van der Waals surface area (Å²) in [5, 5.41) is 2.53. The van der Waals surface area contributed by atoms with Gasteiger partial charge in [-0.1, -0.05) is 18.2 Å². The number of ketones is 1. The van der Waals surface area contributed by atoms with Crippen molar-refractivity contribution in [2.45, 2.75) is 16.2 Å². The third-order valence-electron chi connectivity index (χ3n) is 4.47. The molecule has 0 fully saturated rings. The van der Waals surface area contributed by atoms with Crippen LogP contribution in [-0.4, -0.2) is 22.6 Å². The Hall–Kier alpha value is -1.93. The summed E-state index contributed by atoms with van der Waals surface area (Å²) in [6, 6.07) is 8.93. The zero-order valence-electron chi connectivity index (χ0n) is 13.4. The average Bonchev–Trinajstić information content (AvgIpc) is 2.57. The zero-order chi connectivity index (χ0) is 19.6. The van der Waals surface area contributed by atoms with Crippen LogP contribution in [0, 0.1) is 0 Å². The van der Waals surface area contributed by atoms with E-state index in [1.165, 1.54) is 30.3 Å². The molecule has 5 nitrogen and oxygen atoms in total. The summed E-state index contributed by atoms with van der Waals surface area (Å²) < 4.78 is 48.4. The van der Waals surface area contributed by atoms with Crippen LogP contribution in [0.5, 0.6) is 0 Å². The predicted octanol–water partition coefficient (Wildman–Crippen LogP) is 2.38. The van der Waals surface area contributed by atoms with Crippen LogP contribution < -0.4 is 10.4 Å². The first-order valence-corrected chi connectivity index (χ1v) is 12.3. The molecule has 27 heavy (non-hydrogen) atoms. The standard InChI is InChI=1S/C18H10Cl2O5S2/c19-26(22,23)16-3-1-2-11-9-17(27(20,24)25)14-8-12-6-13(21)5-4-10(12)7-15(14)18(11)16/h1-4,6-9H,5H2. The van der Waals surface area contributed by atoms with Crippen LogP contribution in [0.15, 0.2) is 46.2 Å². The second-order valence-corrected chi connectivity index (χ2v) is 11.2. The minimum Gasteiger partial charge on any atom is -0.294 e. The van der Waals surface area contributed by atoms with E-state index >= 15 is 0 Å². The Morgan fingerprint density at radius 2 is 1.48 bits per heavy atom. The second-order valence-electron chi connectivity index (χ2n) is 6.15.